The molecule has 0 unspecified atom stereocenters. The van der Waals surface area contributed by atoms with Gasteiger partial charge in [-0.2, -0.15) is 0 Å². The van der Waals surface area contributed by atoms with Crippen molar-refractivity contribution in [3.8, 4) is 0 Å². The summed E-state index contributed by atoms with van der Waals surface area (Å²) in [5.41, 5.74) is 2.53. The van der Waals surface area contributed by atoms with Crippen LogP contribution in [0.3, 0.4) is 0 Å². The number of ketones is 1. The summed E-state index contributed by atoms with van der Waals surface area (Å²) in [6.45, 7) is 3.79. The van der Waals surface area contributed by atoms with E-state index in [-0.39, 0.29) is 5.78 Å². The van der Waals surface area contributed by atoms with Crippen molar-refractivity contribution in [1.29, 1.82) is 0 Å². The number of hydrogen-bond donors (Lipinski definition) is 0. The molecule has 1 heterocycles. The average Bonchev–Trinajstić information content (AvgIpc) is 2.65. The van der Waals surface area contributed by atoms with E-state index in [1.807, 2.05) is 31.2 Å². The van der Waals surface area contributed by atoms with E-state index in [0.29, 0.717) is 16.1 Å². The topological polar surface area (TPSA) is 42.9 Å². The maximum atomic E-state index is 12.0. The van der Waals surface area contributed by atoms with Crippen molar-refractivity contribution in [2.75, 3.05) is 0 Å². The Hall–Kier alpha value is -1.55. The smallest absolute Gasteiger partial charge is 0.206 e. The van der Waals surface area contributed by atoms with Crippen molar-refractivity contribution in [3.05, 3.63) is 46.0 Å². The third-order valence-electron chi connectivity index (χ3n) is 2.17. The highest BCUT2D eigenvalue weighted by Gasteiger charge is 2.14. The molecular weight excluding hydrogens is 208 g/mol. The molecule has 0 fully saturated rings. The van der Waals surface area contributed by atoms with Crippen LogP contribution in [0.25, 0.3) is 0 Å². The third kappa shape index (κ3) is 1.94. The van der Waals surface area contributed by atoms with E-state index >= 15 is 0 Å². The number of nitrogens with zero attached hydrogens (tertiary/aromatic N) is 2. The van der Waals surface area contributed by atoms with Gasteiger partial charge in [-0.05, 0) is 25.4 Å². The van der Waals surface area contributed by atoms with Crippen LogP contribution in [0.5, 0.6) is 0 Å². The van der Waals surface area contributed by atoms with Crippen LogP contribution in [0.15, 0.2) is 24.3 Å². The molecule has 0 radical (unpaired) electrons. The standard InChI is InChI=1S/C11H10N2OS/c1-7-3-5-9(6-4-7)10(14)11-8(2)12-13-15-11/h3-6H,1-2H3. The maximum absolute atomic E-state index is 12.0. The Balaban J connectivity index is 2.37. The van der Waals surface area contributed by atoms with Gasteiger partial charge in [0.1, 0.15) is 4.88 Å². The van der Waals surface area contributed by atoms with Gasteiger partial charge < -0.3 is 0 Å². The molecule has 0 atom stereocenters. The SMILES string of the molecule is Cc1ccc(C(=O)c2snnc2C)cc1. The minimum Gasteiger partial charge on any atom is -0.288 e. The van der Waals surface area contributed by atoms with Crippen molar-refractivity contribution < 1.29 is 4.79 Å². The fourth-order valence-electron chi connectivity index (χ4n) is 1.28. The Labute approximate surface area is 91.9 Å². The molecule has 2 aromatic rings. The van der Waals surface area contributed by atoms with Gasteiger partial charge in [-0.1, -0.05) is 34.3 Å². The molecule has 4 heteroatoms. The van der Waals surface area contributed by atoms with Crippen molar-refractivity contribution in [1.82, 2.24) is 9.59 Å². The van der Waals surface area contributed by atoms with Gasteiger partial charge >= 0.3 is 0 Å². The third-order valence-corrected chi connectivity index (χ3v) is 3.00. The first-order valence-corrected chi connectivity index (χ1v) is 5.36. The first kappa shape index (κ1) is 9.98. The summed E-state index contributed by atoms with van der Waals surface area (Å²) in [7, 11) is 0. The molecule has 76 valence electrons. The fourth-order valence-corrected chi connectivity index (χ4v) is 1.89. The normalized spacial score (nSPS) is 10.3. The molecule has 2 rings (SSSR count). The Morgan fingerprint density at radius 1 is 1.20 bits per heavy atom. The van der Waals surface area contributed by atoms with E-state index in [1.165, 1.54) is 0 Å². The Kier molecular flexibility index (Phi) is 2.60. The average molecular weight is 218 g/mol. The number of carbonyl (C=O) groups excluding carboxylic acids is 1. The summed E-state index contributed by atoms with van der Waals surface area (Å²) in [4.78, 5) is 12.6. The molecule has 0 aliphatic rings. The summed E-state index contributed by atoms with van der Waals surface area (Å²) in [6, 6.07) is 7.52. The molecule has 0 saturated heterocycles. The highest BCUT2D eigenvalue weighted by Crippen LogP contribution is 2.15. The lowest BCUT2D eigenvalue weighted by Gasteiger charge is -1.98. The minimum absolute atomic E-state index is 0.00231. The van der Waals surface area contributed by atoms with Gasteiger partial charge in [0.05, 0.1) is 5.69 Å². The fraction of sp³-hybridized carbons (Fsp3) is 0.182. The molecule has 1 aromatic carbocycles. The van der Waals surface area contributed by atoms with Gasteiger partial charge in [0, 0.05) is 5.56 Å². The van der Waals surface area contributed by atoms with E-state index in [4.69, 9.17) is 0 Å². The molecule has 0 amide bonds. The van der Waals surface area contributed by atoms with Crippen LogP contribution in [0, 0.1) is 13.8 Å². The van der Waals surface area contributed by atoms with Crippen LogP contribution < -0.4 is 0 Å². The number of rotatable bonds is 2. The zero-order chi connectivity index (χ0) is 10.8. The summed E-state index contributed by atoms with van der Waals surface area (Å²) in [6.07, 6.45) is 0. The van der Waals surface area contributed by atoms with Gasteiger partial charge in [-0.15, -0.1) is 5.10 Å². The van der Waals surface area contributed by atoms with Crippen molar-refractivity contribution in [3.63, 3.8) is 0 Å². The maximum Gasteiger partial charge on any atom is 0.206 e. The molecule has 0 aliphatic carbocycles. The Morgan fingerprint density at radius 2 is 1.87 bits per heavy atom. The van der Waals surface area contributed by atoms with Crippen LogP contribution in [0.1, 0.15) is 26.5 Å². The highest BCUT2D eigenvalue weighted by atomic mass is 32.1. The van der Waals surface area contributed by atoms with E-state index < -0.39 is 0 Å². The van der Waals surface area contributed by atoms with Crippen LogP contribution in [-0.4, -0.2) is 15.4 Å². The quantitative estimate of drug-likeness (QED) is 0.727. The van der Waals surface area contributed by atoms with Gasteiger partial charge in [0.15, 0.2) is 0 Å². The lowest BCUT2D eigenvalue weighted by atomic mass is 10.1. The Morgan fingerprint density at radius 3 is 2.40 bits per heavy atom. The summed E-state index contributed by atoms with van der Waals surface area (Å²) >= 11 is 1.15. The van der Waals surface area contributed by atoms with Crippen LogP contribution >= 0.6 is 11.5 Å². The molecule has 0 saturated carbocycles. The van der Waals surface area contributed by atoms with Crippen molar-refractivity contribution in [2.24, 2.45) is 0 Å². The first-order chi connectivity index (χ1) is 7.18. The zero-order valence-corrected chi connectivity index (χ0v) is 9.34. The van der Waals surface area contributed by atoms with Crippen molar-refractivity contribution in [2.45, 2.75) is 13.8 Å². The zero-order valence-electron chi connectivity index (χ0n) is 8.52. The van der Waals surface area contributed by atoms with Gasteiger partial charge in [-0.3, -0.25) is 4.79 Å². The van der Waals surface area contributed by atoms with Crippen LogP contribution in [0.2, 0.25) is 0 Å². The molecule has 0 spiro atoms. The number of carbonyl (C=O) groups is 1. The van der Waals surface area contributed by atoms with Gasteiger partial charge in [-0.25, -0.2) is 0 Å². The summed E-state index contributed by atoms with van der Waals surface area (Å²) in [5.74, 6) is 0.00231. The second-order valence-corrected chi connectivity index (χ2v) is 4.14. The van der Waals surface area contributed by atoms with E-state index in [0.717, 1.165) is 17.1 Å². The number of hydrogen-bond acceptors (Lipinski definition) is 4. The lowest BCUT2D eigenvalue weighted by molar-refractivity contribution is 0.104. The molecular formula is C11H10N2OS. The monoisotopic (exact) mass is 218 g/mol. The molecule has 0 N–H and O–H groups in total. The largest absolute Gasteiger partial charge is 0.288 e. The Bertz CT molecular complexity index is 488. The van der Waals surface area contributed by atoms with E-state index in [2.05, 4.69) is 9.59 Å². The number of benzene rings is 1. The first-order valence-electron chi connectivity index (χ1n) is 4.59. The molecule has 15 heavy (non-hydrogen) atoms. The van der Waals surface area contributed by atoms with Gasteiger partial charge in [0.25, 0.3) is 0 Å². The molecule has 3 nitrogen and oxygen atoms in total. The summed E-state index contributed by atoms with van der Waals surface area (Å²) in [5, 5.41) is 3.83. The summed E-state index contributed by atoms with van der Waals surface area (Å²) < 4.78 is 3.76. The predicted octanol–water partition coefficient (Wildman–Crippen LogP) is 2.39. The number of aryl methyl sites for hydroxylation is 2. The number of aromatic nitrogens is 2. The van der Waals surface area contributed by atoms with Crippen LogP contribution in [-0.2, 0) is 0 Å². The van der Waals surface area contributed by atoms with Crippen molar-refractivity contribution >= 4 is 17.3 Å². The molecule has 1 aromatic heterocycles. The second kappa shape index (κ2) is 3.90. The minimum atomic E-state index is 0.00231. The van der Waals surface area contributed by atoms with Gasteiger partial charge in [0.2, 0.25) is 5.78 Å². The van der Waals surface area contributed by atoms with Crippen LogP contribution in [0.4, 0.5) is 0 Å². The lowest BCUT2D eigenvalue weighted by Crippen LogP contribution is -2.00. The van der Waals surface area contributed by atoms with E-state index in [9.17, 15) is 4.79 Å². The molecule has 0 bridgehead atoms. The van der Waals surface area contributed by atoms with E-state index in [1.54, 1.807) is 6.92 Å². The molecule has 0 aliphatic heterocycles. The highest BCUT2D eigenvalue weighted by molar-refractivity contribution is 7.08. The predicted molar refractivity (Wildman–Crippen MR) is 59.3 cm³/mol. The second-order valence-electron chi connectivity index (χ2n) is 3.38.